The lowest BCUT2D eigenvalue weighted by molar-refractivity contribution is 0.946. The minimum Gasteiger partial charge on any atom is -0.276 e. The number of hydrogen-bond acceptors (Lipinski definition) is 6. The maximum Gasteiger partial charge on any atom is 0.237 e. The predicted octanol–water partition coefficient (Wildman–Crippen LogP) is 1.85. The Balaban J connectivity index is 2.23. The summed E-state index contributed by atoms with van der Waals surface area (Å²) in [6, 6.07) is 10.6. The summed E-state index contributed by atoms with van der Waals surface area (Å²) in [7, 11) is 0. The minimum atomic E-state index is -0.235. The number of H-pyrrole nitrogens is 1. The van der Waals surface area contributed by atoms with Crippen LogP contribution in [0.3, 0.4) is 0 Å². The number of hydrazone groups is 1. The monoisotopic (exact) mass is 265 g/mol. The van der Waals surface area contributed by atoms with E-state index in [1.165, 1.54) is 0 Å². The van der Waals surface area contributed by atoms with Crippen LogP contribution in [0.4, 0.5) is 5.69 Å². The summed E-state index contributed by atoms with van der Waals surface area (Å²) < 4.78 is 0. The van der Waals surface area contributed by atoms with Gasteiger partial charge in [0.2, 0.25) is 5.71 Å². The number of nitriles is 2. The molecule has 7 nitrogen and oxygen atoms in total. The molecule has 1 aromatic carbocycles. The fraction of sp³-hybridized carbons (Fsp3) is 0.154. The second-order valence-electron chi connectivity index (χ2n) is 3.84. The number of rotatable bonds is 4. The molecule has 0 fully saturated rings. The Morgan fingerprint density at radius 3 is 2.85 bits per heavy atom. The maximum atomic E-state index is 8.60. The zero-order valence-electron chi connectivity index (χ0n) is 10.8. The molecular weight excluding hydrogens is 254 g/mol. The molecule has 1 aromatic heterocycles. The highest BCUT2D eigenvalue weighted by Gasteiger charge is 2.05. The molecule has 2 N–H and O–H groups in total. The van der Waals surface area contributed by atoms with Crippen LogP contribution in [-0.2, 0) is 6.42 Å². The maximum absolute atomic E-state index is 8.60. The molecule has 1 heterocycles. The summed E-state index contributed by atoms with van der Waals surface area (Å²) in [6.45, 7) is 1.99. The molecule has 0 saturated carbocycles. The first-order valence-electron chi connectivity index (χ1n) is 5.92. The van der Waals surface area contributed by atoms with Gasteiger partial charge in [-0.1, -0.05) is 19.1 Å². The van der Waals surface area contributed by atoms with Crippen LogP contribution < -0.4 is 5.43 Å². The third kappa shape index (κ3) is 2.98. The SMILES string of the molecule is CCc1nc(-c2cccc(NN=C(C#N)C#N)c2)n[nH]1. The highest BCUT2D eigenvalue weighted by Crippen LogP contribution is 2.19. The van der Waals surface area contributed by atoms with E-state index in [9.17, 15) is 0 Å². The number of benzene rings is 1. The predicted molar refractivity (Wildman–Crippen MR) is 73.5 cm³/mol. The van der Waals surface area contributed by atoms with Crippen molar-refractivity contribution in [3.8, 4) is 23.5 Å². The number of nitrogens with zero attached hydrogens (tertiary/aromatic N) is 5. The topological polar surface area (TPSA) is 114 Å². The highest BCUT2D eigenvalue weighted by atomic mass is 15.3. The third-order valence-electron chi connectivity index (χ3n) is 2.50. The number of aromatic nitrogens is 3. The Morgan fingerprint density at radius 1 is 1.40 bits per heavy atom. The standard InChI is InChI=1S/C13H11N7/c1-2-12-16-13(20-19-12)9-4-3-5-10(6-9)17-18-11(7-14)8-15/h3-6,17H,2H2,1H3,(H,16,19,20). The number of aromatic amines is 1. The molecule has 0 radical (unpaired) electrons. The summed E-state index contributed by atoms with van der Waals surface area (Å²) in [5.41, 5.74) is 3.88. The lowest BCUT2D eigenvalue weighted by atomic mass is 10.2. The van der Waals surface area contributed by atoms with Gasteiger partial charge in [0.15, 0.2) is 5.82 Å². The van der Waals surface area contributed by atoms with Gasteiger partial charge in [-0.25, -0.2) is 4.98 Å². The van der Waals surface area contributed by atoms with E-state index in [0.717, 1.165) is 17.8 Å². The molecule has 2 aromatic rings. The van der Waals surface area contributed by atoms with Crippen molar-refractivity contribution >= 4 is 11.4 Å². The van der Waals surface area contributed by atoms with Crippen LogP contribution in [0.5, 0.6) is 0 Å². The lowest BCUT2D eigenvalue weighted by Crippen LogP contribution is -1.96. The molecule has 7 heteroatoms. The molecule has 2 rings (SSSR count). The quantitative estimate of drug-likeness (QED) is 0.646. The highest BCUT2D eigenvalue weighted by molar-refractivity contribution is 6.10. The summed E-state index contributed by atoms with van der Waals surface area (Å²) in [6.07, 6.45) is 0.781. The van der Waals surface area contributed by atoms with Crippen molar-refractivity contribution in [3.63, 3.8) is 0 Å². The smallest absolute Gasteiger partial charge is 0.237 e. The normalized spacial score (nSPS) is 9.35. The first kappa shape index (κ1) is 13.2. The van der Waals surface area contributed by atoms with Crippen LogP contribution in [0.2, 0.25) is 0 Å². The summed E-state index contributed by atoms with van der Waals surface area (Å²) >= 11 is 0. The molecule has 0 unspecified atom stereocenters. The largest absolute Gasteiger partial charge is 0.276 e. The van der Waals surface area contributed by atoms with Gasteiger partial charge in [0.25, 0.3) is 0 Å². The Bertz CT molecular complexity index is 699. The fourth-order valence-corrected chi connectivity index (χ4v) is 1.51. The average molecular weight is 265 g/mol. The summed E-state index contributed by atoms with van der Waals surface area (Å²) in [5, 5.41) is 27.8. The van der Waals surface area contributed by atoms with Gasteiger partial charge in [0.1, 0.15) is 18.0 Å². The van der Waals surface area contributed by atoms with Crippen molar-refractivity contribution in [2.45, 2.75) is 13.3 Å². The van der Waals surface area contributed by atoms with Gasteiger partial charge in [-0.3, -0.25) is 10.5 Å². The van der Waals surface area contributed by atoms with Crippen molar-refractivity contribution in [3.05, 3.63) is 30.1 Å². The summed E-state index contributed by atoms with van der Waals surface area (Å²) in [4.78, 5) is 4.33. The van der Waals surface area contributed by atoms with Crippen molar-refractivity contribution in [1.82, 2.24) is 15.2 Å². The van der Waals surface area contributed by atoms with E-state index < -0.39 is 0 Å². The van der Waals surface area contributed by atoms with Gasteiger partial charge in [-0.15, -0.1) is 0 Å². The second-order valence-corrected chi connectivity index (χ2v) is 3.84. The molecule has 0 amide bonds. The first-order chi connectivity index (χ1) is 9.76. The van der Waals surface area contributed by atoms with Crippen LogP contribution in [0.25, 0.3) is 11.4 Å². The molecule has 0 spiro atoms. The third-order valence-corrected chi connectivity index (χ3v) is 2.50. The van der Waals surface area contributed by atoms with Gasteiger partial charge in [0.05, 0.1) is 5.69 Å². The van der Waals surface area contributed by atoms with Crippen LogP contribution in [0.15, 0.2) is 29.4 Å². The van der Waals surface area contributed by atoms with Crippen molar-refractivity contribution in [1.29, 1.82) is 10.5 Å². The van der Waals surface area contributed by atoms with E-state index in [2.05, 4.69) is 25.7 Å². The molecule has 0 saturated heterocycles. The van der Waals surface area contributed by atoms with Crippen molar-refractivity contribution in [2.75, 3.05) is 5.43 Å². The number of hydrogen-bond donors (Lipinski definition) is 2. The molecule has 20 heavy (non-hydrogen) atoms. The van der Waals surface area contributed by atoms with Gasteiger partial charge in [-0.05, 0) is 12.1 Å². The zero-order chi connectivity index (χ0) is 14.4. The molecule has 0 atom stereocenters. The van der Waals surface area contributed by atoms with E-state index in [1.54, 1.807) is 24.3 Å². The molecular formula is C13H11N7. The summed E-state index contributed by atoms with van der Waals surface area (Å²) in [5.74, 6) is 1.41. The van der Waals surface area contributed by atoms with Gasteiger partial charge in [0, 0.05) is 12.0 Å². The second kappa shape index (κ2) is 6.12. The van der Waals surface area contributed by atoms with E-state index in [-0.39, 0.29) is 5.71 Å². The van der Waals surface area contributed by atoms with Crippen LogP contribution in [0, 0.1) is 22.7 Å². The Labute approximate surface area is 115 Å². The lowest BCUT2D eigenvalue weighted by Gasteiger charge is -2.01. The molecule has 0 bridgehead atoms. The van der Waals surface area contributed by atoms with Gasteiger partial charge in [-0.2, -0.15) is 20.7 Å². The van der Waals surface area contributed by atoms with E-state index in [1.807, 2.05) is 19.1 Å². The Morgan fingerprint density at radius 2 is 2.20 bits per heavy atom. The van der Waals surface area contributed by atoms with Gasteiger partial charge >= 0.3 is 0 Å². The zero-order valence-corrected chi connectivity index (χ0v) is 10.8. The van der Waals surface area contributed by atoms with Crippen LogP contribution in [0.1, 0.15) is 12.7 Å². The minimum absolute atomic E-state index is 0.235. The molecule has 0 aliphatic rings. The fourth-order valence-electron chi connectivity index (χ4n) is 1.51. The van der Waals surface area contributed by atoms with Crippen molar-refractivity contribution in [2.24, 2.45) is 5.10 Å². The Hall–Kier alpha value is -3.19. The Kier molecular flexibility index (Phi) is 4.05. The average Bonchev–Trinajstić information content (AvgIpc) is 2.97. The van der Waals surface area contributed by atoms with Crippen LogP contribution >= 0.6 is 0 Å². The first-order valence-corrected chi connectivity index (χ1v) is 5.92. The van der Waals surface area contributed by atoms with Gasteiger partial charge < -0.3 is 0 Å². The van der Waals surface area contributed by atoms with Crippen molar-refractivity contribution < 1.29 is 0 Å². The van der Waals surface area contributed by atoms with Crippen LogP contribution in [-0.4, -0.2) is 20.9 Å². The number of aryl methyl sites for hydroxylation is 1. The molecule has 98 valence electrons. The number of nitrogens with one attached hydrogen (secondary N) is 2. The van der Waals surface area contributed by atoms with E-state index >= 15 is 0 Å². The van der Waals surface area contributed by atoms with E-state index in [4.69, 9.17) is 10.5 Å². The van der Waals surface area contributed by atoms with E-state index in [0.29, 0.717) is 11.5 Å². The molecule has 0 aliphatic carbocycles. The number of anilines is 1. The molecule has 0 aliphatic heterocycles.